The van der Waals surface area contributed by atoms with Crippen LogP contribution in [0.5, 0.6) is 5.75 Å². The lowest BCUT2D eigenvalue weighted by atomic mass is 9.86. The first-order valence-electron chi connectivity index (χ1n) is 10.5. The third kappa shape index (κ3) is 6.54. The summed E-state index contributed by atoms with van der Waals surface area (Å²) >= 11 is 0. The third-order valence-electron chi connectivity index (χ3n) is 6.04. The molecule has 1 aromatic rings. The summed E-state index contributed by atoms with van der Waals surface area (Å²) in [5, 5.41) is 19.2. The molecule has 6 atom stereocenters. The Kier molecular flexibility index (Phi) is 8.07. The molecule has 3 rings (SSSR count). The Morgan fingerprint density at radius 1 is 1.31 bits per heavy atom. The standard InChI is InChI=1S/C23H31FO5/c24-17(15-28-18-6-2-1-3-7-18)10-12-19-20-11-9-16(5-4-8-23(26)27)14-29-22(20)13-21(19)25/h1-3,6-7,10,12,16-17,19-22,25H,4-5,8-9,11,13-15H2,(H,26,27)/b12-10+/t16-,17?,19?,20+,21+,22-/m0/s1. The van der Waals surface area contributed by atoms with E-state index >= 15 is 0 Å². The number of carboxylic acids is 1. The Hall–Kier alpha value is -1.92. The number of hydrogen-bond donors (Lipinski definition) is 2. The van der Waals surface area contributed by atoms with E-state index in [1.807, 2.05) is 18.2 Å². The monoisotopic (exact) mass is 406 g/mol. The van der Waals surface area contributed by atoms with Gasteiger partial charge in [-0.05, 0) is 49.7 Å². The van der Waals surface area contributed by atoms with Crippen LogP contribution >= 0.6 is 0 Å². The Labute approximate surface area is 171 Å². The zero-order valence-corrected chi connectivity index (χ0v) is 16.7. The van der Waals surface area contributed by atoms with E-state index in [2.05, 4.69) is 0 Å². The molecule has 0 bridgehead atoms. The van der Waals surface area contributed by atoms with Crippen LogP contribution < -0.4 is 4.74 Å². The molecule has 1 saturated carbocycles. The summed E-state index contributed by atoms with van der Waals surface area (Å²) in [7, 11) is 0. The molecule has 0 radical (unpaired) electrons. The molecule has 0 spiro atoms. The van der Waals surface area contributed by atoms with Crippen molar-refractivity contribution in [2.24, 2.45) is 17.8 Å². The number of rotatable bonds is 9. The molecule has 1 saturated heterocycles. The molecule has 160 valence electrons. The van der Waals surface area contributed by atoms with E-state index in [4.69, 9.17) is 14.6 Å². The predicted octanol–water partition coefficient (Wildman–Crippen LogP) is 4.01. The summed E-state index contributed by atoms with van der Waals surface area (Å²) in [4.78, 5) is 10.7. The number of alkyl halides is 1. The van der Waals surface area contributed by atoms with Crippen LogP contribution in [0.25, 0.3) is 0 Å². The van der Waals surface area contributed by atoms with Crippen LogP contribution in [0.15, 0.2) is 42.5 Å². The number of carboxylic acid groups (broad SMARTS) is 1. The van der Waals surface area contributed by atoms with Gasteiger partial charge in [-0.2, -0.15) is 0 Å². The molecular weight excluding hydrogens is 375 g/mol. The highest BCUT2D eigenvalue weighted by Crippen LogP contribution is 2.42. The van der Waals surface area contributed by atoms with Crippen molar-refractivity contribution in [1.29, 1.82) is 0 Å². The Balaban J connectivity index is 1.49. The van der Waals surface area contributed by atoms with Crippen molar-refractivity contribution >= 4 is 5.97 Å². The molecule has 6 heteroatoms. The lowest BCUT2D eigenvalue weighted by molar-refractivity contribution is -0.137. The zero-order valence-electron chi connectivity index (χ0n) is 16.7. The average molecular weight is 406 g/mol. The first-order valence-corrected chi connectivity index (χ1v) is 10.5. The first-order chi connectivity index (χ1) is 14.0. The van der Waals surface area contributed by atoms with E-state index in [-0.39, 0.29) is 31.0 Å². The molecule has 1 aliphatic heterocycles. The zero-order chi connectivity index (χ0) is 20.6. The van der Waals surface area contributed by atoms with Gasteiger partial charge in [0, 0.05) is 25.4 Å². The number of para-hydroxylation sites is 1. The SMILES string of the molecule is O=C(O)CCC[C@H]1CC[C@@H]2C(/C=C/C(F)COc3ccccc3)[C@H](O)C[C@@H]2OC1. The van der Waals surface area contributed by atoms with Crippen molar-refractivity contribution in [2.75, 3.05) is 13.2 Å². The van der Waals surface area contributed by atoms with Crippen LogP contribution in [0.1, 0.15) is 38.5 Å². The lowest BCUT2D eigenvalue weighted by Gasteiger charge is -2.21. The van der Waals surface area contributed by atoms with Crippen LogP contribution in [0, 0.1) is 17.8 Å². The first kappa shape index (κ1) is 21.8. The number of aliphatic hydroxyl groups is 1. The Morgan fingerprint density at radius 3 is 2.86 bits per heavy atom. The van der Waals surface area contributed by atoms with Crippen molar-refractivity contribution in [1.82, 2.24) is 0 Å². The van der Waals surface area contributed by atoms with E-state index in [0.29, 0.717) is 31.1 Å². The van der Waals surface area contributed by atoms with E-state index in [9.17, 15) is 14.3 Å². The van der Waals surface area contributed by atoms with Gasteiger partial charge in [0.1, 0.15) is 12.4 Å². The van der Waals surface area contributed by atoms with Gasteiger partial charge < -0.3 is 19.7 Å². The lowest BCUT2D eigenvalue weighted by Crippen LogP contribution is -2.21. The predicted molar refractivity (Wildman–Crippen MR) is 108 cm³/mol. The summed E-state index contributed by atoms with van der Waals surface area (Å²) < 4.78 is 25.8. The number of aliphatic carboxylic acids is 1. The molecule has 2 N–H and O–H groups in total. The second kappa shape index (κ2) is 10.7. The molecule has 0 aromatic heterocycles. The minimum atomic E-state index is -1.24. The maximum absolute atomic E-state index is 14.3. The second-order valence-electron chi connectivity index (χ2n) is 8.17. The van der Waals surface area contributed by atoms with Gasteiger partial charge in [-0.25, -0.2) is 4.39 Å². The molecule has 2 unspecified atom stereocenters. The molecule has 1 aliphatic carbocycles. The smallest absolute Gasteiger partial charge is 0.303 e. The average Bonchev–Trinajstić information content (AvgIpc) is 2.87. The third-order valence-corrected chi connectivity index (χ3v) is 6.04. The van der Waals surface area contributed by atoms with Crippen LogP contribution in [0.2, 0.25) is 0 Å². The maximum Gasteiger partial charge on any atom is 0.303 e. The molecule has 0 amide bonds. The van der Waals surface area contributed by atoms with Crippen molar-refractivity contribution in [3.63, 3.8) is 0 Å². The topological polar surface area (TPSA) is 76.0 Å². The summed E-state index contributed by atoms with van der Waals surface area (Å²) in [6.45, 7) is 0.556. The number of halogens is 1. The highest BCUT2D eigenvalue weighted by atomic mass is 19.1. The van der Waals surface area contributed by atoms with Crippen molar-refractivity contribution < 1.29 is 28.9 Å². The van der Waals surface area contributed by atoms with Gasteiger partial charge in [-0.1, -0.05) is 30.4 Å². The normalized spacial score (nSPS) is 30.6. The van der Waals surface area contributed by atoms with Gasteiger partial charge in [0.15, 0.2) is 6.17 Å². The van der Waals surface area contributed by atoms with E-state index in [0.717, 1.165) is 19.3 Å². The number of carbonyl (C=O) groups is 1. The maximum atomic E-state index is 14.3. The van der Waals surface area contributed by atoms with Crippen LogP contribution in [-0.4, -0.2) is 47.8 Å². The number of hydrogen-bond acceptors (Lipinski definition) is 4. The van der Waals surface area contributed by atoms with E-state index in [1.54, 1.807) is 18.2 Å². The van der Waals surface area contributed by atoms with Crippen molar-refractivity contribution in [2.45, 2.75) is 56.9 Å². The summed E-state index contributed by atoms with van der Waals surface area (Å²) in [6, 6.07) is 9.14. The van der Waals surface area contributed by atoms with Gasteiger partial charge in [-0.15, -0.1) is 0 Å². The Bertz CT molecular complexity index is 664. The fourth-order valence-electron chi connectivity index (χ4n) is 4.48. The van der Waals surface area contributed by atoms with Crippen molar-refractivity contribution in [3.05, 3.63) is 42.5 Å². The fraction of sp³-hybridized carbons (Fsp3) is 0.609. The van der Waals surface area contributed by atoms with Crippen LogP contribution in [0.3, 0.4) is 0 Å². The molecule has 2 aliphatic rings. The van der Waals surface area contributed by atoms with Gasteiger partial charge in [0.2, 0.25) is 0 Å². The van der Waals surface area contributed by atoms with Crippen LogP contribution in [0.4, 0.5) is 4.39 Å². The molecule has 1 aromatic carbocycles. The van der Waals surface area contributed by atoms with Gasteiger partial charge in [0.05, 0.1) is 12.2 Å². The largest absolute Gasteiger partial charge is 0.490 e. The minimum Gasteiger partial charge on any atom is -0.490 e. The number of fused-ring (bicyclic) bond motifs is 1. The van der Waals surface area contributed by atoms with Gasteiger partial charge >= 0.3 is 5.97 Å². The molecule has 5 nitrogen and oxygen atoms in total. The quantitative estimate of drug-likeness (QED) is 0.606. The van der Waals surface area contributed by atoms with E-state index in [1.165, 1.54) is 6.08 Å². The number of ether oxygens (including phenoxy) is 2. The summed E-state index contributed by atoms with van der Waals surface area (Å²) in [6.07, 6.45) is 5.65. The fourth-order valence-corrected chi connectivity index (χ4v) is 4.48. The molecular formula is C23H31FO5. The number of benzene rings is 1. The Morgan fingerprint density at radius 2 is 2.10 bits per heavy atom. The summed E-state index contributed by atoms with van der Waals surface area (Å²) in [5.41, 5.74) is 0. The van der Waals surface area contributed by atoms with Gasteiger partial charge in [-0.3, -0.25) is 4.79 Å². The number of aliphatic hydroxyl groups excluding tert-OH is 1. The highest BCUT2D eigenvalue weighted by Gasteiger charge is 2.43. The van der Waals surface area contributed by atoms with Gasteiger partial charge in [0.25, 0.3) is 0 Å². The summed E-state index contributed by atoms with van der Waals surface area (Å²) in [5.74, 6) is 0.285. The molecule has 29 heavy (non-hydrogen) atoms. The molecule has 1 heterocycles. The van der Waals surface area contributed by atoms with Crippen LogP contribution in [-0.2, 0) is 9.53 Å². The van der Waals surface area contributed by atoms with Crippen molar-refractivity contribution in [3.8, 4) is 5.75 Å². The van der Waals surface area contributed by atoms with E-state index < -0.39 is 18.2 Å². The minimum absolute atomic E-state index is 0.0113. The highest BCUT2D eigenvalue weighted by molar-refractivity contribution is 5.66. The molecule has 2 fully saturated rings. The second-order valence-corrected chi connectivity index (χ2v) is 8.17.